The number of nitrogens with one attached hydrogen (secondary N) is 2. The molecule has 1 fully saturated rings. The molecule has 1 aromatic carbocycles. The second-order valence-electron chi connectivity index (χ2n) is 3.84. The van der Waals surface area contributed by atoms with Crippen molar-refractivity contribution in [2.24, 2.45) is 0 Å². The fraction of sp³-hybridized carbons (Fsp3) is 0.364. The molecule has 3 heteroatoms. The van der Waals surface area contributed by atoms with E-state index in [2.05, 4.69) is 33.7 Å². The molecule has 2 heterocycles. The standard InChI is InChI=1S/C11H13N3/c1-2-4-10-9(3-1)11(14-13-10)8-5-6-12-7-8/h1-4,8,12H,5-7H2,(H,13,14). The van der Waals surface area contributed by atoms with Crippen molar-refractivity contribution >= 4 is 10.9 Å². The van der Waals surface area contributed by atoms with Gasteiger partial charge in [0.25, 0.3) is 0 Å². The Kier molecular flexibility index (Phi) is 1.77. The van der Waals surface area contributed by atoms with Gasteiger partial charge in [0.05, 0.1) is 11.2 Å². The number of H-pyrrole nitrogens is 1. The maximum absolute atomic E-state index is 4.41. The third-order valence-electron chi connectivity index (χ3n) is 2.95. The minimum absolute atomic E-state index is 0.589. The number of benzene rings is 1. The van der Waals surface area contributed by atoms with Crippen LogP contribution in [0.3, 0.4) is 0 Å². The van der Waals surface area contributed by atoms with E-state index >= 15 is 0 Å². The number of aromatic nitrogens is 2. The average Bonchev–Trinajstić information content (AvgIpc) is 2.85. The smallest absolute Gasteiger partial charge is 0.0744 e. The van der Waals surface area contributed by atoms with Gasteiger partial charge in [-0.05, 0) is 19.0 Å². The summed E-state index contributed by atoms with van der Waals surface area (Å²) in [5.41, 5.74) is 2.38. The van der Waals surface area contributed by atoms with Crippen molar-refractivity contribution in [3.63, 3.8) is 0 Å². The predicted molar refractivity (Wildman–Crippen MR) is 56.3 cm³/mol. The van der Waals surface area contributed by atoms with Crippen LogP contribution in [-0.4, -0.2) is 23.3 Å². The van der Waals surface area contributed by atoms with Gasteiger partial charge >= 0.3 is 0 Å². The van der Waals surface area contributed by atoms with Crippen LogP contribution >= 0.6 is 0 Å². The van der Waals surface area contributed by atoms with Crippen LogP contribution < -0.4 is 5.32 Å². The highest BCUT2D eigenvalue weighted by atomic mass is 15.1. The van der Waals surface area contributed by atoms with E-state index in [-0.39, 0.29) is 0 Å². The Bertz CT molecular complexity index is 440. The maximum atomic E-state index is 4.41. The third-order valence-corrected chi connectivity index (χ3v) is 2.95. The molecular weight excluding hydrogens is 174 g/mol. The van der Waals surface area contributed by atoms with E-state index in [0.29, 0.717) is 5.92 Å². The summed E-state index contributed by atoms with van der Waals surface area (Å²) < 4.78 is 0. The summed E-state index contributed by atoms with van der Waals surface area (Å²) in [5.74, 6) is 0.589. The number of hydrogen-bond acceptors (Lipinski definition) is 2. The van der Waals surface area contributed by atoms with E-state index in [1.54, 1.807) is 0 Å². The van der Waals surface area contributed by atoms with E-state index in [1.165, 1.54) is 17.5 Å². The Hall–Kier alpha value is -1.35. The highest BCUT2D eigenvalue weighted by molar-refractivity contribution is 5.81. The molecule has 2 aromatic rings. The first-order chi connectivity index (χ1) is 6.95. The summed E-state index contributed by atoms with van der Waals surface area (Å²) in [4.78, 5) is 0. The van der Waals surface area contributed by atoms with Crippen LogP contribution in [0.15, 0.2) is 24.3 Å². The lowest BCUT2D eigenvalue weighted by atomic mass is 10.0. The topological polar surface area (TPSA) is 40.7 Å². The zero-order chi connectivity index (χ0) is 9.38. The van der Waals surface area contributed by atoms with Crippen molar-refractivity contribution in [1.82, 2.24) is 15.5 Å². The van der Waals surface area contributed by atoms with Crippen LogP contribution in [0.1, 0.15) is 18.0 Å². The van der Waals surface area contributed by atoms with Crippen molar-refractivity contribution in [1.29, 1.82) is 0 Å². The summed E-state index contributed by atoms with van der Waals surface area (Å²) in [5, 5.41) is 12.1. The van der Waals surface area contributed by atoms with Crippen molar-refractivity contribution in [2.45, 2.75) is 12.3 Å². The SMILES string of the molecule is c1ccc2c(C3CCNC3)n[nH]c2c1. The molecule has 0 bridgehead atoms. The fourth-order valence-electron chi connectivity index (χ4n) is 2.18. The van der Waals surface area contributed by atoms with E-state index in [9.17, 15) is 0 Å². The van der Waals surface area contributed by atoms with Gasteiger partial charge in [-0.2, -0.15) is 5.10 Å². The zero-order valence-electron chi connectivity index (χ0n) is 7.96. The lowest BCUT2D eigenvalue weighted by Crippen LogP contribution is -2.08. The van der Waals surface area contributed by atoms with E-state index < -0.39 is 0 Å². The second-order valence-corrected chi connectivity index (χ2v) is 3.84. The Labute approximate surface area is 82.5 Å². The Balaban J connectivity index is 2.11. The summed E-state index contributed by atoms with van der Waals surface area (Å²) >= 11 is 0. The number of aromatic amines is 1. The van der Waals surface area contributed by atoms with Crippen molar-refractivity contribution in [3.8, 4) is 0 Å². The van der Waals surface area contributed by atoms with E-state index in [1.807, 2.05) is 6.07 Å². The maximum Gasteiger partial charge on any atom is 0.0744 e. The van der Waals surface area contributed by atoms with Gasteiger partial charge in [-0.25, -0.2) is 0 Å². The Morgan fingerprint density at radius 2 is 2.21 bits per heavy atom. The van der Waals surface area contributed by atoms with Crippen LogP contribution in [0.2, 0.25) is 0 Å². The van der Waals surface area contributed by atoms with Gasteiger partial charge in [0, 0.05) is 17.8 Å². The lowest BCUT2D eigenvalue weighted by Gasteiger charge is -2.03. The van der Waals surface area contributed by atoms with Gasteiger partial charge in [0.1, 0.15) is 0 Å². The first-order valence-electron chi connectivity index (χ1n) is 5.09. The summed E-state index contributed by atoms with van der Waals surface area (Å²) in [6.07, 6.45) is 1.20. The highest BCUT2D eigenvalue weighted by Gasteiger charge is 2.20. The third kappa shape index (κ3) is 1.13. The molecule has 0 spiro atoms. The van der Waals surface area contributed by atoms with Gasteiger partial charge < -0.3 is 5.32 Å². The first-order valence-corrected chi connectivity index (χ1v) is 5.09. The number of rotatable bonds is 1. The molecule has 0 saturated carbocycles. The summed E-state index contributed by atoms with van der Waals surface area (Å²) in [6, 6.07) is 8.33. The molecule has 1 aliphatic rings. The van der Waals surface area contributed by atoms with Gasteiger partial charge in [-0.1, -0.05) is 18.2 Å². The second kappa shape index (κ2) is 3.10. The van der Waals surface area contributed by atoms with E-state index in [4.69, 9.17) is 0 Å². The minimum atomic E-state index is 0.589. The largest absolute Gasteiger partial charge is 0.316 e. The average molecular weight is 187 g/mol. The van der Waals surface area contributed by atoms with Gasteiger partial charge in [0.2, 0.25) is 0 Å². The molecule has 1 aliphatic heterocycles. The monoisotopic (exact) mass is 187 g/mol. The fourth-order valence-corrected chi connectivity index (χ4v) is 2.18. The lowest BCUT2D eigenvalue weighted by molar-refractivity contribution is 0.734. The molecule has 1 aromatic heterocycles. The van der Waals surface area contributed by atoms with Crippen molar-refractivity contribution in [2.75, 3.05) is 13.1 Å². The molecule has 72 valence electrons. The molecule has 2 N–H and O–H groups in total. The van der Waals surface area contributed by atoms with Crippen LogP contribution in [0.5, 0.6) is 0 Å². The van der Waals surface area contributed by atoms with E-state index in [0.717, 1.165) is 18.6 Å². The molecule has 0 radical (unpaired) electrons. The zero-order valence-corrected chi connectivity index (χ0v) is 7.96. The van der Waals surface area contributed by atoms with Crippen LogP contribution in [0.25, 0.3) is 10.9 Å². The minimum Gasteiger partial charge on any atom is -0.316 e. The van der Waals surface area contributed by atoms with Crippen LogP contribution in [0, 0.1) is 0 Å². The molecule has 0 aliphatic carbocycles. The highest BCUT2D eigenvalue weighted by Crippen LogP contribution is 2.26. The number of nitrogens with zero attached hydrogens (tertiary/aromatic N) is 1. The van der Waals surface area contributed by atoms with Gasteiger partial charge in [-0.3, -0.25) is 5.10 Å². The molecule has 1 saturated heterocycles. The molecule has 14 heavy (non-hydrogen) atoms. The molecule has 1 atom stereocenters. The number of fused-ring (bicyclic) bond motifs is 1. The molecular formula is C11H13N3. The predicted octanol–water partition coefficient (Wildman–Crippen LogP) is 1.64. The normalized spacial score (nSPS) is 21.9. The van der Waals surface area contributed by atoms with Crippen molar-refractivity contribution in [3.05, 3.63) is 30.0 Å². The van der Waals surface area contributed by atoms with Crippen LogP contribution in [0.4, 0.5) is 0 Å². The van der Waals surface area contributed by atoms with Crippen molar-refractivity contribution < 1.29 is 0 Å². The Morgan fingerprint density at radius 1 is 1.29 bits per heavy atom. The number of para-hydroxylation sites is 1. The molecule has 0 amide bonds. The quantitative estimate of drug-likeness (QED) is 0.712. The number of hydrogen-bond donors (Lipinski definition) is 2. The molecule has 3 rings (SSSR count). The van der Waals surface area contributed by atoms with Gasteiger partial charge in [-0.15, -0.1) is 0 Å². The Morgan fingerprint density at radius 3 is 3.07 bits per heavy atom. The molecule has 1 unspecified atom stereocenters. The summed E-state index contributed by atoms with van der Waals surface area (Å²) in [6.45, 7) is 2.18. The van der Waals surface area contributed by atoms with Crippen LogP contribution in [-0.2, 0) is 0 Å². The molecule has 3 nitrogen and oxygen atoms in total. The first kappa shape index (κ1) is 8.00. The summed E-state index contributed by atoms with van der Waals surface area (Å²) in [7, 11) is 0. The van der Waals surface area contributed by atoms with Gasteiger partial charge in [0.15, 0.2) is 0 Å².